The zero-order valence-corrected chi connectivity index (χ0v) is 15.0. The van der Waals surface area contributed by atoms with E-state index in [1.165, 1.54) is 42.5 Å². The van der Waals surface area contributed by atoms with Gasteiger partial charge in [-0.15, -0.1) is 0 Å². The van der Waals surface area contributed by atoms with Gasteiger partial charge in [0.1, 0.15) is 5.82 Å². The first kappa shape index (κ1) is 18.8. The number of amides is 2. The summed E-state index contributed by atoms with van der Waals surface area (Å²) < 4.78 is 32.1. The van der Waals surface area contributed by atoms with E-state index in [-0.39, 0.29) is 23.1 Å². The van der Waals surface area contributed by atoms with Crippen LogP contribution in [0.25, 0.3) is 0 Å². The van der Waals surface area contributed by atoms with Crippen molar-refractivity contribution < 1.29 is 23.1 Å². The first-order valence-electron chi connectivity index (χ1n) is 8.76. The Kier molecular flexibility index (Phi) is 5.69. The van der Waals surface area contributed by atoms with Crippen LogP contribution >= 0.6 is 0 Å². The number of ether oxygens (including phenoxy) is 1. The van der Waals surface area contributed by atoms with Crippen LogP contribution in [-0.4, -0.2) is 54.4 Å². The molecule has 0 atom stereocenters. The highest BCUT2D eigenvalue weighted by molar-refractivity contribution is 5.96. The topological polar surface area (TPSA) is 49.9 Å². The molecule has 2 aromatic carbocycles. The Balaban J connectivity index is 1.61. The normalized spacial score (nSPS) is 14.2. The molecule has 7 heteroatoms. The van der Waals surface area contributed by atoms with Crippen LogP contribution < -0.4 is 4.74 Å². The average Bonchev–Trinajstić information content (AvgIpc) is 2.69. The standard InChI is InChI=1S/C20H20F2N2O3/c1-2-27-18-8-5-15(13-17(18)22)20(26)24-11-9-23(10-12-24)19(25)14-3-6-16(21)7-4-14/h3-8,13H,2,9-12H2,1H3. The summed E-state index contributed by atoms with van der Waals surface area (Å²) >= 11 is 0. The minimum atomic E-state index is -0.576. The maximum Gasteiger partial charge on any atom is 0.254 e. The minimum Gasteiger partial charge on any atom is -0.491 e. The summed E-state index contributed by atoms with van der Waals surface area (Å²) in [7, 11) is 0. The van der Waals surface area contributed by atoms with Crippen LogP contribution in [0, 0.1) is 11.6 Å². The van der Waals surface area contributed by atoms with Crippen LogP contribution in [-0.2, 0) is 0 Å². The van der Waals surface area contributed by atoms with Crippen molar-refractivity contribution >= 4 is 11.8 Å². The van der Waals surface area contributed by atoms with Crippen LogP contribution in [0.15, 0.2) is 42.5 Å². The average molecular weight is 374 g/mol. The lowest BCUT2D eigenvalue weighted by molar-refractivity contribution is 0.0535. The summed E-state index contributed by atoms with van der Waals surface area (Å²) in [5, 5.41) is 0. The van der Waals surface area contributed by atoms with Crippen LogP contribution in [0.3, 0.4) is 0 Å². The lowest BCUT2D eigenvalue weighted by Gasteiger charge is -2.35. The molecule has 0 aromatic heterocycles. The molecular formula is C20H20F2N2O3. The second kappa shape index (κ2) is 8.16. The van der Waals surface area contributed by atoms with Crippen molar-refractivity contribution in [1.82, 2.24) is 9.80 Å². The van der Waals surface area contributed by atoms with Crippen LogP contribution in [0.2, 0.25) is 0 Å². The molecule has 1 saturated heterocycles. The van der Waals surface area contributed by atoms with Crippen LogP contribution in [0.1, 0.15) is 27.6 Å². The third-order valence-corrected chi connectivity index (χ3v) is 4.42. The summed E-state index contributed by atoms with van der Waals surface area (Å²) in [5.41, 5.74) is 0.652. The third-order valence-electron chi connectivity index (χ3n) is 4.42. The fourth-order valence-corrected chi connectivity index (χ4v) is 2.98. The van der Waals surface area contributed by atoms with Crippen molar-refractivity contribution in [2.24, 2.45) is 0 Å². The largest absolute Gasteiger partial charge is 0.491 e. The van der Waals surface area contributed by atoms with Crippen molar-refractivity contribution in [3.05, 3.63) is 65.2 Å². The lowest BCUT2D eigenvalue weighted by atomic mass is 10.1. The molecule has 27 heavy (non-hydrogen) atoms. The molecule has 1 fully saturated rings. The van der Waals surface area contributed by atoms with E-state index < -0.39 is 11.6 Å². The Bertz CT molecular complexity index is 832. The molecule has 1 aliphatic rings. The van der Waals surface area contributed by atoms with Gasteiger partial charge in [0.15, 0.2) is 11.6 Å². The van der Waals surface area contributed by atoms with Gasteiger partial charge in [-0.3, -0.25) is 9.59 Å². The number of halogens is 2. The molecule has 1 aliphatic heterocycles. The highest BCUT2D eigenvalue weighted by Crippen LogP contribution is 2.20. The van der Waals surface area contributed by atoms with Gasteiger partial charge < -0.3 is 14.5 Å². The second-order valence-electron chi connectivity index (χ2n) is 6.17. The molecule has 1 heterocycles. The highest BCUT2D eigenvalue weighted by Gasteiger charge is 2.26. The summed E-state index contributed by atoms with van der Waals surface area (Å²) in [5.74, 6) is -1.35. The highest BCUT2D eigenvalue weighted by atomic mass is 19.1. The van der Waals surface area contributed by atoms with E-state index in [2.05, 4.69) is 0 Å². The van der Waals surface area contributed by atoms with Gasteiger partial charge in [0, 0.05) is 37.3 Å². The van der Waals surface area contributed by atoms with Crippen molar-refractivity contribution in [2.45, 2.75) is 6.92 Å². The van der Waals surface area contributed by atoms with Crippen LogP contribution in [0.5, 0.6) is 5.75 Å². The van der Waals surface area contributed by atoms with Crippen molar-refractivity contribution in [2.75, 3.05) is 32.8 Å². The van der Waals surface area contributed by atoms with Crippen molar-refractivity contribution in [3.63, 3.8) is 0 Å². The van der Waals surface area contributed by atoms with Gasteiger partial charge in [0.2, 0.25) is 0 Å². The number of hydrogen-bond acceptors (Lipinski definition) is 3. The SMILES string of the molecule is CCOc1ccc(C(=O)N2CCN(C(=O)c3ccc(F)cc3)CC2)cc1F. The number of rotatable bonds is 4. The predicted octanol–water partition coefficient (Wildman–Crippen LogP) is 2.96. The van der Waals surface area contributed by atoms with E-state index in [0.29, 0.717) is 38.3 Å². The molecule has 2 aromatic rings. The minimum absolute atomic E-state index is 0.115. The molecule has 0 unspecified atom stereocenters. The molecule has 0 radical (unpaired) electrons. The number of hydrogen-bond donors (Lipinski definition) is 0. The fourth-order valence-electron chi connectivity index (χ4n) is 2.98. The number of nitrogens with zero attached hydrogens (tertiary/aromatic N) is 2. The second-order valence-corrected chi connectivity index (χ2v) is 6.17. The maximum atomic E-state index is 14.0. The summed E-state index contributed by atoms with van der Waals surface area (Å²) in [4.78, 5) is 28.2. The molecule has 2 amide bonds. The molecule has 0 bridgehead atoms. The maximum absolute atomic E-state index is 14.0. The predicted molar refractivity (Wildman–Crippen MR) is 95.8 cm³/mol. The third kappa shape index (κ3) is 4.24. The Morgan fingerprint density at radius 1 is 0.889 bits per heavy atom. The molecular weight excluding hydrogens is 354 g/mol. The summed E-state index contributed by atoms with van der Waals surface area (Å²) in [6.07, 6.45) is 0. The molecule has 0 spiro atoms. The first-order chi connectivity index (χ1) is 13.0. The van der Waals surface area contributed by atoms with E-state index in [4.69, 9.17) is 4.74 Å². The molecule has 0 N–H and O–H groups in total. The number of carbonyl (C=O) groups excluding carboxylic acids is 2. The molecule has 0 aliphatic carbocycles. The van der Waals surface area contributed by atoms with Gasteiger partial charge in [-0.2, -0.15) is 0 Å². The van der Waals surface area contributed by atoms with Crippen molar-refractivity contribution in [1.29, 1.82) is 0 Å². The lowest BCUT2D eigenvalue weighted by Crippen LogP contribution is -2.50. The van der Waals surface area contributed by atoms with E-state index in [9.17, 15) is 18.4 Å². The number of carbonyl (C=O) groups is 2. The first-order valence-corrected chi connectivity index (χ1v) is 8.76. The summed E-state index contributed by atoms with van der Waals surface area (Å²) in [6.45, 7) is 3.52. The van der Waals surface area contributed by atoms with E-state index in [0.717, 1.165) is 0 Å². The zero-order valence-electron chi connectivity index (χ0n) is 15.0. The van der Waals surface area contributed by atoms with E-state index in [1.54, 1.807) is 16.7 Å². The molecule has 3 rings (SSSR count). The van der Waals surface area contributed by atoms with E-state index >= 15 is 0 Å². The quantitative estimate of drug-likeness (QED) is 0.827. The zero-order chi connectivity index (χ0) is 19.4. The number of piperazine rings is 1. The fraction of sp³-hybridized carbons (Fsp3) is 0.300. The Hall–Kier alpha value is -2.96. The van der Waals surface area contributed by atoms with Gasteiger partial charge in [0.25, 0.3) is 11.8 Å². The van der Waals surface area contributed by atoms with E-state index in [1.807, 2.05) is 0 Å². The smallest absolute Gasteiger partial charge is 0.254 e. The molecule has 0 saturated carbocycles. The number of benzene rings is 2. The Labute approximate surface area is 156 Å². The van der Waals surface area contributed by atoms with Gasteiger partial charge in [-0.1, -0.05) is 0 Å². The van der Waals surface area contributed by atoms with Crippen LogP contribution in [0.4, 0.5) is 8.78 Å². The molecule has 5 nitrogen and oxygen atoms in total. The van der Waals surface area contributed by atoms with Gasteiger partial charge >= 0.3 is 0 Å². The Morgan fingerprint density at radius 2 is 1.41 bits per heavy atom. The monoisotopic (exact) mass is 374 g/mol. The van der Waals surface area contributed by atoms with Crippen molar-refractivity contribution in [3.8, 4) is 5.75 Å². The van der Waals surface area contributed by atoms with Gasteiger partial charge in [-0.25, -0.2) is 8.78 Å². The molecule has 142 valence electrons. The Morgan fingerprint density at radius 3 is 1.93 bits per heavy atom. The van der Waals surface area contributed by atoms with Gasteiger partial charge in [0.05, 0.1) is 6.61 Å². The summed E-state index contributed by atoms with van der Waals surface area (Å²) in [6, 6.07) is 9.52. The van der Waals surface area contributed by atoms with Gasteiger partial charge in [-0.05, 0) is 49.4 Å².